The summed E-state index contributed by atoms with van der Waals surface area (Å²) in [4.78, 5) is 0. The molecule has 1 heterocycles. The number of nitrogen functional groups attached to an aromatic ring is 1. The Balaban J connectivity index is 2.61. The van der Waals surface area contributed by atoms with Crippen LogP contribution < -0.4 is 5.73 Å². The number of nitrogens with zero attached hydrogens (tertiary/aromatic N) is 2. The van der Waals surface area contributed by atoms with Crippen molar-refractivity contribution in [2.24, 2.45) is 0 Å². The Hall–Kier alpha value is -1.06. The molecule has 4 heteroatoms. The van der Waals surface area contributed by atoms with Gasteiger partial charge in [-0.3, -0.25) is 0 Å². The van der Waals surface area contributed by atoms with Gasteiger partial charge in [0.15, 0.2) is 0 Å². The first kappa shape index (κ1) is 6.07. The largest absolute Gasteiger partial charge is 0.408 e. The lowest BCUT2D eigenvalue weighted by Crippen LogP contribution is -1.81. The van der Waals surface area contributed by atoms with E-state index in [1.165, 1.54) is 0 Å². The highest BCUT2D eigenvalue weighted by atomic mass is 16.4. The van der Waals surface area contributed by atoms with Crippen LogP contribution in [0.2, 0.25) is 0 Å². The molecule has 1 aromatic heterocycles. The van der Waals surface area contributed by atoms with E-state index in [4.69, 9.17) is 10.2 Å². The minimum atomic E-state index is 0.151. The molecule has 0 aromatic carbocycles. The molecule has 0 unspecified atom stereocenters. The van der Waals surface area contributed by atoms with E-state index in [-0.39, 0.29) is 6.01 Å². The first-order valence-electron chi connectivity index (χ1n) is 2.90. The van der Waals surface area contributed by atoms with E-state index >= 15 is 0 Å². The highest BCUT2D eigenvalue weighted by Crippen LogP contribution is 2.01. The van der Waals surface area contributed by atoms with Crippen LogP contribution in [0.5, 0.6) is 0 Å². The third-order valence-corrected chi connectivity index (χ3v) is 0.946. The lowest BCUT2D eigenvalue weighted by Gasteiger charge is -1.83. The summed E-state index contributed by atoms with van der Waals surface area (Å²) in [6.07, 6.45) is 1.81. The Morgan fingerprint density at radius 1 is 1.56 bits per heavy atom. The topological polar surface area (TPSA) is 64.9 Å². The Labute approximate surface area is 53.1 Å². The zero-order valence-electron chi connectivity index (χ0n) is 5.29. The molecule has 0 saturated carbocycles. The van der Waals surface area contributed by atoms with Crippen molar-refractivity contribution >= 4 is 6.01 Å². The summed E-state index contributed by atoms with van der Waals surface area (Å²) in [5.74, 6) is 0.620. The molecule has 0 fully saturated rings. The molecular weight excluding hydrogens is 118 g/mol. The van der Waals surface area contributed by atoms with Crippen LogP contribution in [-0.2, 0) is 6.42 Å². The fourth-order valence-electron chi connectivity index (χ4n) is 0.581. The van der Waals surface area contributed by atoms with Gasteiger partial charge in [-0.25, -0.2) is 0 Å². The average Bonchev–Trinajstić information content (AvgIpc) is 2.17. The first-order chi connectivity index (χ1) is 4.33. The van der Waals surface area contributed by atoms with Crippen molar-refractivity contribution in [2.75, 3.05) is 5.73 Å². The molecule has 0 saturated heterocycles. The van der Waals surface area contributed by atoms with Crippen molar-refractivity contribution < 1.29 is 4.42 Å². The number of aryl methyl sites for hydroxylation is 1. The zero-order chi connectivity index (χ0) is 6.69. The Morgan fingerprint density at radius 2 is 2.33 bits per heavy atom. The summed E-state index contributed by atoms with van der Waals surface area (Å²) in [6.45, 7) is 2.04. The normalized spacial score (nSPS) is 9.89. The van der Waals surface area contributed by atoms with E-state index in [0.29, 0.717) is 5.89 Å². The summed E-state index contributed by atoms with van der Waals surface area (Å²) < 4.78 is 4.88. The van der Waals surface area contributed by atoms with Gasteiger partial charge in [-0.1, -0.05) is 12.0 Å². The maximum atomic E-state index is 5.17. The van der Waals surface area contributed by atoms with Crippen LogP contribution >= 0.6 is 0 Å². The van der Waals surface area contributed by atoms with Crippen molar-refractivity contribution in [3.8, 4) is 0 Å². The fourth-order valence-corrected chi connectivity index (χ4v) is 0.581. The molecule has 0 aliphatic carbocycles. The van der Waals surface area contributed by atoms with E-state index in [2.05, 4.69) is 10.2 Å². The third kappa shape index (κ3) is 1.42. The fraction of sp³-hybridized carbons (Fsp3) is 0.600. The highest BCUT2D eigenvalue weighted by Gasteiger charge is 1.98. The predicted molar refractivity (Wildman–Crippen MR) is 32.7 cm³/mol. The number of rotatable bonds is 2. The minimum Gasteiger partial charge on any atom is -0.408 e. The molecule has 0 atom stereocenters. The maximum absolute atomic E-state index is 5.17. The van der Waals surface area contributed by atoms with E-state index in [9.17, 15) is 0 Å². The van der Waals surface area contributed by atoms with Gasteiger partial charge in [0.1, 0.15) is 0 Å². The molecular formula is C5H9N3O. The smallest absolute Gasteiger partial charge is 0.312 e. The van der Waals surface area contributed by atoms with Crippen LogP contribution in [0.4, 0.5) is 6.01 Å². The molecule has 2 N–H and O–H groups in total. The van der Waals surface area contributed by atoms with Gasteiger partial charge in [0.2, 0.25) is 5.89 Å². The molecule has 0 amide bonds. The Kier molecular flexibility index (Phi) is 1.67. The van der Waals surface area contributed by atoms with Crippen molar-refractivity contribution in [3.63, 3.8) is 0 Å². The number of hydrogen-bond donors (Lipinski definition) is 1. The van der Waals surface area contributed by atoms with Crippen LogP contribution in [0.1, 0.15) is 19.2 Å². The molecule has 0 bridgehead atoms. The van der Waals surface area contributed by atoms with Gasteiger partial charge in [-0.05, 0) is 6.42 Å². The van der Waals surface area contributed by atoms with Gasteiger partial charge in [0.25, 0.3) is 0 Å². The lowest BCUT2D eigenvalue weighted by molar-refractivity contribution is 0.506. The second-order valence-electron chi connectivity index (χ2n) is 1.78. The molecule has 0 aliphatic heterocycles. The van der Waals surface area contributed by atoms with Gasteiger partial charge >= 0.3 is 6.01 Å². The van der Waals surface area contributed by atoms with Crippen LogP contribution in [0, 0.1) is 0 Å². The summed E-state index contributed by atoms with van der Waals surface area (Å²) in [5.41, 5.74) is 5.17. The molecule has 1 aromatic rings. The van der Waals surface area contributed by atoms with Crippen molar-refractivity contribution in [3.05, 3.63) is 5.89 Å². The zero-order valence-corrected chi connectivity index (χ0v) is 5.29. The average molecular weight is 127 g/mol. The van der Waals surface area contributed by atoms with E-state index < -0.39 is 0 Å². The number of hydrogen-bond acceptors (Lipinski definition) is 4. The quantitative estimate of drug-likeness (QED) is 0.632. The summed E-state index contributed by atoms with van der Waals surface area (Å²) >= 11 is 0. The van der Waals surface area contributed by atoms with Crippen molar-refractivity contribution in [2.45, 2.75) is 19.8 Å². The summed E-state index contributed by atoms with van der Waals surface area (Å²) in [6, 6.07) is 0.151. The van der Waals surface area contributed by atoms with Gasteiger partial charge in [0, 0.05) is 6.42 Å². The van der Waals surface area contributed by atoms with Gasteiger partial charge in [-0.2, -0.15) is 0 Å². The van der Waals surface area contributed by atoms with Crippen molar-refractivity contribution in [1.29, 1.82) is 0 Å². The molecule has 0 spiro atoms. The molecule has 4 nitrogen and oxygen atoms in total. The lowest BCUT2D eigenvalue weighted by atomic mass is 10.3. The maximum Gasteiger partial charge on any atom is 0.312 e. The summed E-state index contributed by atoms with van der Waals surface area (Å²) in [7, 11) is 0. The van der Waals surface area contributed by atoms with Crippen LogP contribution in [-0.4, -0.2) is 10.2 Å². The number of anilines is 1. The van der Waals surface area contributed by atoms with Crippen LogP contribution in [0.3, 0.4) is 0 Å². The molecule has 1 rings (SSSR count). The van der Waals surface area contributed by atoms with Crippen LogP contribution in [0.25, 0.3) is 0 Å². The predicted octanol–water partition coefficient (Wildman–Crippen LogP) is 0.604. The minimum absolute atomic E-state index is 0.151. The second kappa shape index (κ2) is 2.48. The van der Waals surface area contributed by atoms with Crippen LogP contribution in [0.15, 0.2) is 4.42 Å². The third-order valence-electron chi connectivity index (χ3n) is 0.946. The monoisotopic (exact) mass is 127 g/mol. The summed E-state index contributed by atoms with van der Waals surface area (Å²) in [5, 5.41) is 7.16. The van der Waals surface area contributed by atoms with Crippen molar-refractivity contribution in [1.82, 2.24) is 10.2 Å². The molecule has 9 heavy (non-hydrogen) atoms. The molecule has 0 aliphatic rings. The second-order valence-corrected chi connectivity index (χ2v) is 1.78. The number of aromatic nitrogens is 2. The van der Waals surface area contributed by atoms with Gasteiger partial charge in [-0.15, -0.1) is 5.10 Å². The molecule has 50 valence electrons. The standard InChI is InChI=1S/C5H9N3O/c1-2-3-4-7-8-5(6)9-4/h2-3H2,1H3,(H2,6,8). The van der Waals surface area contributed by atoms with E-state index in [0.717, 1.165) is 12.8 Å². The molecule has 0 radical (unpaired) electrons. The highest BCUT2D eigenvalue weighted by molar-refractivity contribution is 5.04. The Bertz CT molecular complexity index is 184. The van der Waals surface area contributed by atoms with E-state index in [1.807, 2.05) is 6.92 Å². The van der Waals surface area contributed by atoms with Gasteiger partial charge in [0.05, 0.1) is 0 Å². The van der Waals surface area contributed by atoms with Gasteiger partial charge < -0.3 is 10.2 Å². The van der Waals surface area contributed by atoms with E-state index in [1.54, 1.807) is 0 Å². The SMILES string of the molecule is CCCc1nnc(N)o1. The first-order valence-corrected chi connectivity index (χ1v) is 2.90. The Morgan fingerprint density at radius 3 is 2.78 bits per heavy atom. The number of nitrogens with two attached hydrogens (primary N) is 1.